The Morgan fingerprint density at radius 1 is 1.00 bits per heavy atom. The molecule has 0 unspecified atom stereocenters. The van der Waals surface area contributed by atoms with Gasteiger partial charge < -0.3 is 24.9 Å². The number of hydrogen-bond acceptors (Lipinski definition) is 8. The highest BCUT2D eigenvalue weighted by Crippen LogP contribution is 2.20. The number of aromatic nitrogens is 3. The number of benzene rings is 1. The predicted molar refractivity (Wildman–Crippen MR) is 116 cm³/mol. The van der Waals surface area contributed by atoms with Crippen molar-refractivity contribution in [2.45, 2.75) is 13.8 Å². The Morgan fingerprint density at radius 3 is 2.61 bits per heavy atom. The van der Waals surface area contributed by atoms with Gasteiger partial charge in [0, 0.05) is 36.6 Å². The second-order valence-electron chi connectivity index (χ2n) is 6.95. The van der Waals surface area contributed by atoms with Crippen LogP contribution in [0, 0.1) is 13.8 Å². The van der Waals surface area contributed by atoms with Crippen LogP contribution >= 0.6 is 0 Å². The number of hydrogen-bond donors (Lipinski definition) is 3. The molecular weight excluding hydrogens is 396 g/mol. The van der Waals surface area contributed by atoms with Gasteiger partial charge in [0.25, 0.3) is 5.91 Å². The summed E-state index contributed by atoms with van der Waals surface area (Å²) < 4.78 is 10.4. The lowest BCUT2D eigenvalue weighted by Crippen LogP contribution is -2.29. The zero-order valence-electron chi connectivity index (χ0n) is 17.2. The number of nitrogens with one attached hydrogen (secondary N) is 3. The van der Waals surface area contributed by atoms with Gasteiger partial charge in [-0.25, -0.2) is 4.98 Å². The molecule has 0 fully saturated rings. The summed E-state index contributed by atoms with van der Waals surface area (Å²) in [4.78, 5) is 21.1. The van der Waals surface area contributed by atoms with Gasteiger partial charge in [0.1, 0.15) is 5.82 Å². The average molecular weight is 418 g/mol. The van der Waals surface area contributed by atoms with Gasteiger partial charge in [-0.05, 0) is 38.1 Å². The van der Waals surface area contributed by atoms with Crippen LogP contribution in [0.1, 0.15) is 21.7 Å². The lowest BCUT2D eigenvalue weighted by atomic mass is 10.2. The third kappa shape index (κ3) is 5.27. The normalized spacial score (nSPS) is 10.6. The third-order valence-corrected chi connectivity index (χ3v) is 4.38. The molecule has 3 aromatic heterocycles. The minimum atomic E-state index is -0.338. The molecule has 9 nitrogen and oxygen atoms in total. The number of furan rings is 1. The van der Waals surface area contributed by atoms with Gasteiger partial charge in [-0.15, -0.1) is 0 Å². The van der Waals surface area contributed by atoms with E-state index in [2.05, 4.69) is 31.1 Å². The molecule has 9 heteroatoms. The highest BCUT2D eigenvalue weighted by Gasteiger charge is 2.14. The van der Waals surface area contributed by atoms with Crippen LogP contribution in [0.3, 0.4) is 0 Å². The van der Waals surface area contributed by atoms with Gasteiger partial charge >= 0.3 is 0 Å². The lowest BCUT2D eigenvalue weighted by Gasteiger charge is -2.10. The first-order valence-electron chi connectivity index (χ1n) is 9.79. The molecule has 0 spiro atoms. The van der Waals surface area contributed by atoms with Crippen molar-refractivity contribution in [1.82, 2.24) is 20.4 Å². The fraction of sp³-hybridized carbons (Fsp3) is 0.182. The molecule has 4 rings (SSSR count). The summed E-state index contributed by atoms with van der Waals surface area (Å²) in [6, 6.07) is 14.9. The highest BCUT2D eigenvalue weighted by molar-refractivity contribution is 5.92. The SMILES string of the molecule is Cc1ccc(Nc2cc(C)nc(NCCNC(=O)c3cc(-c4ccco4)on3)n2)cc1. The molecule has 3 N–H and O–H groups in total. The van der Waals surface area contributed by atoms with E-state index in [0.29, 0.717) is 36.4 Å². The Hall–Kier alpha value is -4.14. The van der Waals surface area contributed by atoms with E-state index in [4.69, 9.17) is 8.94 Å². The van der Waals surface area contributed by atoms with E-state index in [1.165, 1.54) is 17.9 Å². The van der Waals surface area contributed by atoms with Crippen molar-refractivity contribution in [2.75, 3.05) is 23.7 Å². The maximum absolute atomic E-state index is 12.2. The van der Waals surface area contributed by atoms with Gasteiger partial charge in [-0.2, -0.15) is 4.98 Å². The van der Waals surface area contributed by atoms with E-state index in [1.807, 2.05) is 44.2 Å². The van der Waals surface area contributed by atoms with E-state index in [0.717, 1.165) is 11.4 Å². The summed E-state index contributed by atoms with van der Waals surface area (Å²) in [5, 5.41) is 12.9. The van der Waals surface area contributed by atoms with Crippen molar-refractivity contribution in [2.24, 2.45) is 0 Å². The van der Waals surface area contributed by atoms with E-state index in [1.54, 1.807) is 12.1 Å². The van der Waals surface area contributed by atoms with Gasteiger partial charge in [0.15, 0.2) is 11.5 Å². The van der Waals surface area contributed by atoms with Crippen LogP contribution in [0.4, 0.5) is 17.5 Å². The zero-order chi connectivity index (χ0) is 21.6. The predicted octanol–water partition coefficient (Wildman–Crippen LogP) is 3.93. The maximum Gasteiger partial charge on any atom is 0.273 e. The van der Waals surface area contributed by atoms with Crippen molar-refractivity contribution in [3.63, 3.8) is 0 Å². The van der Waals surface area contributed by atoms with Crippen molar-refractivity contribution >= 4 is 23.4 Å². The van der Waals surface area contributed by atoms with E-state index >= 15 is 0 Å². The third-order valence-electron chi connectivity index (χ3n) is 4.38. The Kier molecular flexibility index (Phi) is 5.93. The fourth-order valence-corrected chi connectivity index (χ4v) is 2.85. The maximum atomic E-state index is 12.2. The molecule has 0 atom stereocenters. The molecule has 0 radical (unpaired) electrons. The molecule has 31 heavy (non-hydrogen) atoms. The van der Waals surface area contributed by atoms with Gasteiger partial charge in [0.05, 0.1) is 6.26 Å². The Bertz CT molecular complexity index is 1150. The summed E-state index contributed by atoms with van der Waals surface area (Å²) in [6.07, 6.45) is 1.53. The molecule has 1 amide bonds. The largest absolute Gasteiger partial charge is 0.461 e. The second-order valence-corrected chi connectivity index (χ2v) is 6.95. The minimum absolute atomic E-state index is 0.183. The summed E-state index contributed by atoms with van der Waals surface area (Å²) in [6.45, 7) is 4.75. The summed E-state index contributed by atoms with van der Waals surface area (Å²) >= 11 is 0. The Balaban J connectivity index is 1.29. The van der Waals surface area contributed by atoms with Crippen molar-refractivity contribution in [3.8, 4) is 11.5 Å². The summed E-state index contributed by atoms with van der Waals surface area (Å²) in [5.41, 5.74) is 3.15. The monoisotopic (exact) mass is 418 g/mol. The van der Waals surface area contributed by atoms with E-state index < -0.39 is 0 Å². The number of nitrogens with zero attached hydrogens (tertiary/aromatic N) is 3. The van der Waals surface area contributed by atoms with Crippen LogP contribution in [0.2, 0.25) is 0 Å². The number of anilines is 3. The number of carbonyl (C=O) groups excluding carboxylic acids is 1. The number of carbonyl (C=O) groups is 1. The number of amides is 1. The van der Waals surface area contributed by atoms with Crippen molar-refractivity contribution in [3.05, 3.63) is 71.7 Å². The quantitative estimate of drug-likeness (QED) is 0.368. The topological polar surface area (TPSA) is 118 Å². The van der Waals surface area contributed by atoms with E-state index in [-0.39, 0.29) is 11.6 Å². The molecule has 0 aliphatic heterocycles. The van der Waals surface area contributed by atoms with Crippen LogP contribution in [-0.4, -0.2) is 34.1 Å². The van der Waals surface area contributed by atoms with Crippen LogP contribution in [0.25, 0.3) is 11.5 Å². The molecule has 3 heterocycles. The van der Waals surface area contributed by atoms with Crippen LogP contribution in [0.5, 0.6) is 0 Å². The molecule has 0 saturated heterocycles. The van der Waals surface area contributed by atoms with Crippen LogP contribution < -0.4 is 16.0 Å². The van der Waals surface area contributed by atoms with Crippen LogP contribution in [-0.2, 0) is 0 Å². The first-order valence-corrected chi connectivity index (χ1v) is 9.79. The Labute approximate surface area is 178 Å². The molecule has 0 bridgehead atoms. The highest BCUT2D eigenvalue weighted by atomic mass is 16.5. The molecule has 1 aromatic carbocycles. The molecular formula is C22H22N6O3. The molecule has 0 aliphatic carbocycles. The Morgan fingerprint density at radius 2 is 1.84 bits per heavy atom. The van der Waals surface area contributed by atoms with Gasteiger partial charge in [-0.3, -0.25) is 4.79 Å². The fourth-order valence-electron chi connectivity index (χ4n) is 2.85. The first-order chi connectivity index (χ1) is 15.1. The standard InChI is InChI=1S/C22H22N6O3/c1-14-5-7-16(8-6-14)26-20-12-15(2)25-22(27-20)24-10-9-23-21(29)17-13-19(31-28-17)18-4-3-11-30-18/h3-8,11-13H,9-10H2,1-2H3,(H,23,29)(H2,24,25,26,27). The molecule has 0 saturated carbocycles. The van der Waals surface area contributed by atoms with Crippen LogP contribution in [0.15, 0.2) is 63.7 Å². The number of rotatable bonds is 8. The first kappa shape index (κ1) is 20.1. The average Bonchev–Trinajstić information content (AvgIpc) is 3.44. The van der Waals surface area contributed by atoms with Crippen molar-refractivity contribution in [1.29, 1.82) is 0 Å². The minimum Gasteiger partial charge on any atom is -0.461 e. The van der Waals surface area contributed by atoms with E-state index in [9.17, 15) is 4.79 Å². The molecule has 158 valence electrons. The van der Waals surface area contributed by atoms with Crippen molar-refractivity contribution < 1.29 is 13.7 Å². The zero-order valence-corrected chi connectivity index (χ0v) is 17.2. The van der Waals surface area contributed by atoms with Gasteiger partial charge in [-0.1, -0.05) is 22.9 Å². The summed E-state index contributed by atoms with van der Waals surface area (Å²) in [5.74, 6) is 1.74. The number of aryl methyl sites for hydroxylation is 2. The smallest absolute Gasteiger partial charge is 0.273 e. The second kappa shape index (κ2) is 9.12. The molecule has 4 aromatic rings. The summed E-state index contributed by atoms with van der Waals surface area (Å²) in [7, 11) is 0. The molecule has 0 aliphatic rings. The lowest BCUT2D eigenvalue weighted by molar-refractivity contribution is 0.0946. The van der Waals surface area contributed by atoms with Gasteiger partial charge in [0.2, 0.25) is 11.7 Å².